The lowest BCUT2D eigenvalue weighted by molar-refractivity contribution is 0.945. The highest BCUT2D eigenvalue weighted by Crippen LogP contribution is 2.28. The van der Waals surface area contributed by atoms with Crippen molar-refractivity contribution in [1.29, 1.82) is 0 Å². The van der Waals surface area contributed by atoms with E-state index in [1.165, 1.54) is 11.1 Å². The molecule has 0 saturated carbocycles. The molecule has 2 aromatic carbocycles. The fourth-order valence-electron chi connectivity index (χ4n) is 1.76. The average Bonchev–Trinajstić information content (AvgIpc) is 2.35. The van der Waals surface area contributed by atoms with Gasteiger partial charge in [-0.15, -0.1) is 0 Å². The van der Waals surface area contributed by atoms with Gasteiger partial charge in [0.05, 0.1) is 0 Å². The Labute approximate surface area is 120 Å². The third-order valence-corrected chi connectivity index (χ3v) is 3.85. The van der Waals surface area contributed by atoms with Crippen molar-refractivity contribution < 1.29 is 0 Å². The molecule has 0 aliphatic carbocycles. The van der Waals surface area contributed by atoms with Gasteiger partial charge in [-0.1, -0.05) is 63.4 Å². The van der Waals surface area contributed by atoms with Crippen LogP contribution in [0.15, 0.2) is 48.5 Å². The molecule has 0 atom stereocenters. The Hall–Kier alpha value is -0.500. The zero-order valence-electron chi connectivity index (χ0n) is 9.04. The summed E-state index contributed by atoms with van der Waals surface area (Å²) in [4.78, 5) is 0. The van der Waals surface area contributed by atoms with Crippen LogP contribution in [0, 0.1) is 0 Å². The predicted octanol–water partition coefficient (Wildman–Crippen LogP) is 5.52. The summed E-state index contributed by atoms with van der Waals surface area (Å²) in [5.41, 5.74) is 2.49. The second-order valence-electron chi connectivity index (χ2n) is 3.81. The third-order valence-electron chi connectivity index (χ3n) is 2.70. The minimum atomic E-state index is 0.324. The summed E-state index contributed by atoms with van der Waals surface area (Å²) in [6.45, 7) is 0. The fourth-order valence-corrected chi connectivity index (χ4v) is 2.76. The molecule has 2 rings (SSSR count). The number of benzene rings is 2. The molecule has 0 aliphatic rings. The molecule has 0 radical (unpaired) electrons. The molecule has 17 heavy (non-hydrogen) atoms. The Bertz CT molecular complexity index is 431. The number of hydrogen-bond acceptors (Lipinski definition) is 0. The lowest BCUT2D eigenvalue weighted by Gasteiger charge is -2.15. The average molecular weight is 330 g/mol. The zero-order chi connectivity index (χ0) is 12.3. The molecule has 0 N–H and O–H groups in total. The number of alkyl halides is 1. The van der Waals surface area contributed by atoms with Crippen LogP contribution in [0.5, 0.6) is 0 Å². The lowest BCUT2D eigenvalue weighted by Crippen LogP contribution is -2.01. The van der Waals surface area contributed by atoms with Gasteiger partial charge in [-0.2, -0.15) is 0 Å². The van der Waals surface area contributed by atoms with Gasteiger partial charge in [0.1, 0.15) is 0 Å². The molecule has 0 fully saturated rings. The molecule has 0 spiro atoms. The van der Waals surface area contributed by atoms with Crippen LogP contribution < -0.4 is 0 Å². The molecule has 0 saturated heterocycles. The first kappa shape index (κ1) is 12.9. The summed E-state index contributed by atoms with van der Waals surface area (Å²) in [6, 6.07) is 15.9. The van der Waals surface area contributed by atoms with Gasteiger partial charge < -0.3 is 0 Å². The summed E-state index contributed by atoms with van der Waals surface area (Å²) in [7, 11) is 0. The zero-order valence-corrected chi connectivity index (χ0v) is 12.1. The van der Waals surface area contributed by atoms with E-state index in [-0.39, 0.29) is 0 Å². The molecular formula is C14H11BrCl2. The molecule has 0 aromatic heterocycles. The van der Waals surface area contributed by atoms with E-state index in [9.17, 15) is 0 Å². The quantitative estimate of drug-likeness (QED) is 0.650. The first-order valence-corrected chi connectivity index (χ1v) is 7.15. The Morgan fingerprint density at radius 2 is 1.12 bits per heavy atom. The van der Waals surface area contributed by atoms with Crippen LogP contribution in [0.3, 0.4) is 0 Å². The van der Waals surface area contributed by atoms with Gasteiger partial charge in [-0.3, -0.25) is 0 Å². The standard InChI is InChI=1S/C14H11BrCl2/c15-9-14(10-1-5-12(16)6-2-10)11-3-7-13(17)8-4-11/h1-8,14H,9H2. The topological polar surface area (TPSA) is 0 Å². The van der Waals surface area contributed by atoms with Gasteiger partial charge >= 0.3 is 0 Å². The normalized spacial score (nSPS) is 10.8. The van der Waals surface area contributed by atoms with E-state index in [2.05, 4.69) is 40.2 Å². The maximum Gasteiger partial charge on any atom is 0.0406 e. The summed E-state index contributed by atoms with van der Waals surface area (Å²) in [5, 5.41) is 2.40. The van der Waals surface area contributed by atoms with Gasteiger partial charge in [0.15, 0.2) is 0 Å². The van der Waals surface area contributed by atoms with Crippen molar-refractivity contribution in [2.45, 2.75) is 5.92 Å². The van der Waals surface area contributed by atoms with Crippen LogP contribution >= 0.6 is 39.1 Å². The van der Waals surface area contributed by atoms with E-state index in [0.717, 1.165) is 15.4 Å². The highest BCUT2D eigenvalue weighted by molar-refractivity contribution is 9.09. The van der Waals surface area contributed by atoms with E-state index in [1.54, 1.807) is 0 Å². The molecule has 0 heterocycles. The Kier molecular flexibility index (Phi) is 4.49. The van der Waals surface area contributed by atoms with Gasteiger partial charge in [0.25, 0.3) is 0 Å². The van der Waals surface area contributed by atoms with Gasteiger partial charge in [0.2, 0.25) is 0 Å². The number of rotatable bonds is 3. The molecule has 88 valence electrons. The van der Waals surface area contributed by atoms with Gasteiger partial charge in [0, 0.05) is 21.3 Å². The summed E-state index contributed by atoms with van der Waals surface area (Å²) >= 11 is 15.4. The third kappa shape index (κ3) is 3.25. The fraction of sp³-hybridized carbons (Fsp3) is 0.143. The van der Waals surface area contributed by atoms with Gasteiger partial charge in [-0.05, 0) is 35.4 Å². The molecule has 0 nitrogen and oxygen atoms in total. The summed E-state index contributed by atoms with van der Waals surface area (Å²) in [5.74, 6) is 0.324. The largest absolute Gasteiger partial charge is 0.0918 e. The van der Waals surface area contributed by atoms with E-state index >= 15 is 0 Å². The molecular weight excluding hydrogens is 319 g/mol. The predicted molar refractivity (Wildman–Crippen MR) is 78.5 cm³/mol. The maximum atomic E-state index is 5.90. The number of halogens is 3. The van der Waals surface area contributed by atoms with Crippen molar-refractivity contribution in [1.82, 2.24) is 0 Å². The molecule has 0 aliphatic heterocycles. The van der Waals surface area contributed by atoms with Crippen molar-refractivity contribution in [2.24, 2.45) is 0 Å². The van der Waals surface area contributed by atoms with Crippen LogP contribution in [-0.2, 0) is 0 Å². The van der Waals surface area contributed by atoms with E-state index in [0.29, 0.717) is 5.92 Å². The highest BCUT2D eigenvalue weighted by atomic mass is 79.9. The van der Waals surface area contributed by atoms with Gasteiger partial charge in [-0.25, -0.2) is 0 Å². The SMILES string of the molecule is Clc1ccc(C(CBr)c2ccc(Cl)cc2)cc1. The van der Waals surface area contributed by atoms with E-state index in [1.807, 2.05) is 24.3 Å². The Morgan fingerprint density at radius 3 is 1.41 bits per heavy atom. The van der Waals surface area contributed by atoms with Crippen molar-refractivity contribution in [3.63, 3.8) is 0 Å². The molecule has 3 heteroatoms. The van der Waals surface area contributed by atoms with E-state index in [4.69, 9.17) is 23.2 Å². The molecule has 2 aromatic rings. The Morgan fingerprint density at radius 1 is 0.765 bits per heavy atom. The second kappa shape index (κ2) is 5.90. The highest BCUT2D eigenvalue weighted by Gasteiger charge is 2.12. The molecule has 0 amide bonds. The van der Waals surface area contributed by atoms with Crippen LogP contribution in [0.2, 0.25) is 10.0 Å². The monoisotopic (exact) mass is 328 g/mol. The minimum absolute atomic E-state index is 0.324. The van der Waals surface area contributed by atoms with Crippen molar-refractivity contribution in [3.8, 4) is 0 Å². The Balaban J connectivity index is 2.33. The van der Waals surface area contributed by atoms with Crippen LogP contribution in [0.4, 0.5) is 0 Å². The maximum absolute atomic E-state index is 5.90. The van der Waals surface area contributed by atoms with Crippen LogP contribution in [0.25, 0.3) is 0 Å². The lowest BCUT2D eigenvalue weighted by atomic mass is 9.93. The summed E-state index contributed by atoms with van der Waals surface area (Å²) in [6.07, 6.45) is 0. The smallest absolute Gasteiger partial charge is 0.0406 e. The van der Waals surface area contributed by atoms with Crippen LogP contribution in [0.1, 0.15) is 17.0 Å². The van der Waals surface area contributed by atoms with Crippen LogP contribution in [-0.4, -0.2) is 5.33 Å². The summed E-state index contributed by atoms with van der Waals surface area (Å²) < 4.78 is 0. The second-order valence-corrected chi connectivity index (χ2v) is 5.33. The number of hydrogen-bond donors (Lipinski definition) is 0. The first-order valence-electron chi connectivity index (χ1n) is 5.27. The van der Waals surface area contributed by atoms with Crippen molar-refractivity contribution >= 4 is 39.1 Å². The van der Waals surface area contributed by atoms with Crippen molar-refractivity contribution in [2.75, 3.05) is 5.33 Å². The van der Waals surface area contributed by atoms with Crippen molar-refractivity contribution in [3.05, 3.63) is 69.7 Å². The molecule has 0 unspecified atom stereocenters. The first-order chi connectivity index (χ1) is 8.20. The minimum Gasteiger partial charge on any atom is -0.0918 e. The van der Waals surface area contributed by atoms with E-state index < -0.39 is 0 Å². The molecule has 0 bridgehead atoms.